The molecule has 124 valence electrons. The van der Waals surface area contributed by atoms with Crippen molar-refractivity contribution in [2.75, 3.05) is 37.6 Å². The minimum atomic E-state index is 0.381. The first-order chi connectivity index (χ1) is 10.6. The van der Waals surface area contributed by atoms with Gasteiger partial charge >= 0.3 is 0 Å². The lowest BCUT2D eigenvalue weighted by molar-refractivity contribution is -0.0690. The quantitative estimate of drug-likeness (QED) is 0.851. The smallest absolute Gasteiger partial charge is 0.205 e. The molecule has 0 saturated carbocycles. The Morgan fingerprint density at radius 3 is 2.45 bits per heavy atom. The van der Waals surface area contributed by atoms with E-state index in [-0.39, 0.29) is 0 Å². The number of aromatic nitrogens is 2. The van der Waals surface area contributed by atoms with Gasteiger partial charge in [-0.1, -0.05) is 0 Å². The van der Waals surface area contributed by atoms with E-state index in [1.54, 1.807) is 0 Å². The third-order valence-electron chi connectivity index (χ3n) is 4.75. The molecule has 2 aliphatic rings. The van der Waals surface area contributed by atoms with E-state index in [0.717, 1.165) is 43.1 Å². The second kappa shape index (κ2) is 7.23. The van der Waals surface area contributed by atoms with Crippen molar-refractivity contribution < 1.29 is 4.74 Å². The maximum absolute atomic E-state index is 5.81. The fourth-order valence-corrected chi connectivity index (χ4v) is 4.39. The number of aryl methyl sites for hydroxylation is 1. The fourth-order valence-electron chi connectivity index (χ4n) is 3.66. The van der Waals surface area contributed by atoms with Crippen LogP contribution in [-0.4, -0.2) is 59.2 Å². The summed E-state index contributed by atoms with van der Waals surface area (Å²) in [7, 11) is 0. The molecule has 0 spiro atoms. The van der Waals surface area contributed by atoms with Crippen LogP contribution in [0.4, 0.5) is 5.13 Å². The van der Waals surface area contributed by atoms with Crippen molar-refractivity contribution in [1.29, 1.82) is 0 Å². The van der Waals surface area contributed by atoms with Crippen molar-refractivity contribution in [3.8, 4) is 0 Å². The SMILES string of the molecule is Cc1nsc(N2CCC(CCN3C[C@@H](C)O[C@H](C)C3)CC2)n1. The highest BCUT2D eigenvalue weighted by molar-refractivity contribution is 7.09. The number of piperidine rings is 1. The van der Waals surface area contributed by atoms with E-state index in [9.17, 15) is 0 Å². The second-order valence-electron chi connectivity index (χ2n) is 6.86. The van der Waals surface area contributed by atoms with Gasteiger partial charge in [0.2, 0.25) is 5.13 Å². The highest BCUT2D eigenvalue weighted by atomic mass is 32.1. The van der Waals surface area contributed by atoms with E-state index >= 15 is 0 Å². The average molecular weight is 324 g/mol. The minimum absolute atomic E-state index is 0.381. The summed E-state index contributed by atoms with van der Waals surface area (Å²) in [6, 6.07) is 0. The van der Waals surface area contributed by atoms with Crippen molar-refractivity contribution in [3.05, 3.63) is 5.82 Å². The van der Waals surface area contributed by atoms with Crippen LogP contribution in [0.3, 0.4) is 0 Å². The average Bonchev–Trinajstić information content (AvgIpc) is 2.91. The number of hydrogen-bond donors (Lipinski definition) is 0. The van der Waals surface area contributed by atoms with Gasteiger partial charge in [-0.25, -0.2) is 4.98 Å². The Morgan fingerprint density at radius 1 is 1.18 bits per heavy atom. The van der Waals surface area contributed by atoms with Crippen LogP contribution in [0.25, 0.3) is 0 Å². The van der Waals surface area contributed by atoms with Crippen LogP contribution in [-0.2, 0) is 4.74 Å². The number of hydrogen-bond acceptors (Lipinski definition) is 6. The molecule has 0 aliphatic carbocycles. The van der Waals surface area contributed by atoms with Crippen LogP contribution in [0.1, 0.15) is 38.9 Å². The Morgan fingerprint density at radius 2 is 1.86 bits per heavy atom. The molecule has 0 aromatic carbocycles. The van der Waals surface area contributed by atoms with Gasteiger partial charge in [0.1, 0.15) is 5.82 Å². The maximum atomic E-state index is 5.81. The Hall–Kier alpha value is -0.720. The van der Waals surface area contributed by atoms with Gasteiger partial charge in [0.05, 0.1) is 12.2 Å². The summed E-state index contributed by atoms with van der Waals surface area (Å²) in [6.45, 7) is 12.0. The summed E-state index contributed by atoms with van der Waals surface area (Å²) >= 11 is 1.54. The highest BCUT2D eigenvalue weighted by Crippen LogP contribution is 2.26. The van der Waals surface area contributed by atoms with Crippen LogP contribution in [0.2, 0.25) is 0 Å². The van der Waals surface area contributed by atoms with E-state index in [4.69, 9.17) is 4.74 Å². The first kappa shape index (κ1) is 16.1. The third-order valence-corrected chi connectivity index (χ3v) is 5.62. The Labute approximate surface area is 137 Å². The summed E-state index contributed by atoms with van der Waals surface area (Å²) in [6.07, 6.45) is 4.65. The van der Waals surface area contributed by atoms with Crippen LogP contribution in [0, 0.1) is 12.8 Å². The summed E-state index contributed by atoms with van der Waals surface area (Å²) in [4.78, 5) is 9.49. The molecular weight excluding hydrogens is 296 g/mol. The molecule has 0 N–H and O–H groups in total. The minimum Gasteiger partial charge on any atom is -0.373 e. The number of rotatable bonds is 4. The van der Waals surface area contributed by atoms with Crippen molar-refractivity contribution in [2.24, 2.45) is 5.92 Å². The van der Waals surface area contributed by atoms with Crippen molar-refractivity contribution in [2.45, 2.75) is 52.2 Å². The Bertz CT molecular complexity index is 462. The molecule has 1 aromatic rings. The second-order valence-corrected chi connectivity index (χ2v) is 7.59. The van der Waals surface area contributed by atoms with Crippen molar-refractivity contribution >= 4 is 16.7 Å². The fraction of sp³-hybridized carbons (Fsp3) is 0.875. The van der Waals surface area contributed by atoms with E-state index in [1.807, 2.05) is 6.92 Å². The predicted octanol–water partition coefficient (Wildman–Crippen LogP) is 2.56. The lowest BCUT2D eigenvalue weighted by Crippen LogP contribution is -2.46. The van der Waals surface area contributed by atoms with Gasteiger partial charge in [0.15, 0.2) is 0 Å². The van der Waals surface area contributed by atoms with Gasteiger partial charge in [0.25, 0.3) is 0 Å². The number of ether oxygens (including phenoxy) is 1. The van der Waals surface area contributed by atoms with Gasteiger partial charge in [-0.2, -0.15) is 4.37 Å². The highest BCUT2D eigenvalue weighted by Gasteiger charge is 2.25. The van der Waals surface area contributed by atoms with Gasteiger partial charge < -0.3 is 9.64 Å². The molecule has 3 heterocycles. The number of nitrogens with zero attached hydrogens (tertiary/aromatic N) is 4. The summed E-state index contributed by atoms with van der Waals surface area (Å²) < 4.78 is 10.1. The molecule has 2 aliphatic heterocycles. The van der Waals surface area contributed by atoms with Gasteiger partial charge in [-0.3, -0.25) is 4.90 Å². The van der Waals surface area contributed by atoms with Gasteiger partial charge in [-0.15, -0.1) is 0 Å². The zero-order chi connectivity index (χ0) is 15.5. The zero-order valence-corrected chi connectivity index (χ0v) is 14.8. The summed E-state index contributed by atoms with van der Waals surface area (Å²) in [5.74, 6) is 1.76. The molecule has 2 fully saturated rings. The molecular formula is C16H28N4OS. The Kier molecular flexibility index (Phi) is 5.31. The monoisotopic (exact) mass is 324 g/mol. The molecule has 5 nitrogen and oxygen atoms in total. The lowest BCUT2D eigenvalue weighted by Gasteiger charge is -2.37. The first-order valence-corrected chi connectivity index (χ1v) is 9.30. The molecule has 22 heavy (non-hydrogen) atoms. The predicted molar refractivity (Wildman–Crippen MR) is 90.6 cm³/mol. The topological polar surface area (TPSA) is 41.5 Å². The molecule has 3 rings (SSSR count). The Balaban J connectivity index is 1.40. The van der Waals surface area contributed by atoms with Crippen molar-refractivity contribution in [1.82, 2.24) is 14.3 Å². The molecule has 6 heteroatoms. The summed E-state index contributed by atoms with van der Waals surface area (Å²) in [5, 5.41) is 1.10. The van der Waals surface area contributed by atoms with Gasteiger partial charge in [-0.05, 0) is 52.5 Å². The largest absolute Gasteiger partial charge is 0.373 e. The van der Waals surface area contributed by atoms with Gasteiger partial charge in [0, 0.05) is 37.7 Å². The van der Waals surface area contributed by atoms with E-state index in [1.165, 1.54) is 37.3 Å². The molecule has 0 amide bonds. The molecule has 0 unspecified atom stereocenters. The van der Waals surface area contributed by atoms with Crippen LogP contribution in [0.5, 0.6) is 0 Å². The lowest BCUT2D eigenvalue weighted by atomic mass is 9.93. The third kappa shape index (κ3) is 4.18. The van der Waals surface area contributed by atoms with E-state index < -0.39 is 0 Å². The molecule has 0 bridgehead atoms. The van der Waals surface area contributed by atoms with Crippen LogP contribution < -0.4 is 4.90 Å². The summed E-state index contributed by atoms with van der Waals surface area (Å²) in [5.41, 5.74) is 0. The maximum Gasteiger partial charge on any atom is 0.205 e. The van der Waals surface area contributed by atoms with E-state index in [2.05, 4.69) is 33.0 Å². The zero-order valence-electron chi connectivity index (χ0n) is 14.0. The number of anilines is 1. The molecule has 1 aromatic heterocycles. The number of morpholine rings is 1. The standard InChI is InChI=1S/C16H28N4OS/c1-12-10-19(11-13(2)21-12)7-4-15-5-8-20(9-6-15)16-17-14(3)18-22-16/h12-13,15H,4-11H2,1-3H3/t12-,13-/m1/s1. The molecule has 2 saturated heterocycles. The van der Waals surface area contributed by atoms with Crippen LogP contribution >= 0.6 is 11.5 Å². The first-order valence-electron chi connectivity index (χ1n) is 8.53. The van der Waals surface area contributed by atoms with Crippen molar-refractivity contribution in [3.63, 3.8) is 0 Å². The molecule has 2 atom stereocenters. The van der Waals surface area contributed by atoms with E-state index in [0.29, 0.717) is 12.2 Å². The van der Waals surface area contributed by atoms with Crippen LogP contribution in [0.15, 0.2) is 0 Å². The normalized spacial score (nSPS) is 28.2. The molecule has 0 radical (unpaired) electrons.